The van der Waals surface area contributed by atoms with Gasteiger partial charge >= 0.3 is 5.97 Å². The summed E-state index contributed by atoms with van der Waals surface area (Å²) in [6.45, 7) is 6.67. The number of amides is 2. The molecular weight excluding hydrogens is 502 g/mol. The number of hydrogen-bond acceptors (Lipinski definition) is 9. The van der Waals surface area contributed by atoms with Crippen molar-refractivity contribution >= 4 is 45.9 Å². The Morgan fingerprint density at radius 1 is 1.17 bits per heavy atom. The van der Waals surface area contributed by atoms with Crippen LogP contribution >= 0.6 is 23.1 Å². The number of hydrogen-bond donors (Lipinski definition) is 1. The minimum atomic E-state index is -0.618. The highest BCUT2D eigenvalue weighted by Gasteiger charge is 2.27. The average Bonchev–Trinajstić information content (AvgIpc) is 3.42. The second-order valence-electron chi connectivity index (χ2n) is 7.77. The molecule has 3 aromatic rings. The highest BCUT2D eigenvalue weighted by atomic mass is 32.2. The highest BCUT2D eigenvalue weighted by molar-refractivity contribution is 7.99. The van der Waals surface area contributed by atoms with Crippen molar-refractivity contribution in [1.29, 1.82) is 0 Å². The topological polar surface area (TPSA) is 116 Å². The first-order valence-electron chi connectivity index (χ1n) is 11.2. The van der Waals surface area contributed by atoms with Gasteiger partial charge in [0, 0.05) is 20.6 Å². The minimum Gasteiger partial charge on any atom is -0.493 e. The van der Waals surface area contributed by atoms with E-state index in [-0.39, 0.29) is 28.1 Å². The summed E-state index contributed by atoms with van der Waals surface area (Å²) in [6.07, 6.45) is 0. The Balaban J connectivity index is 1.80. The monoisotopic (exact) mass is 531 g/mol. The first-order chi connectivity index (χ1) is 17.2. The normalized spacial score (nSPS) is 10.7. The fraction of sp³-hybridized carbons (Fsp3) is 0.375. The number of aromatic nitrogens is 3. The van der Waals surface area contributed by atoms with Gasteiger partial charge in [-0.3, -0.25) is 9.59 Å². The number of rotatable bonds is 10. The SMILES string of the molecule is CCOc1ccccc1-c1nnc(SCC(=O)Nc2sc(C(=O)N(C)C)c(C)c2C(=O)OC)n1CC. The van der Waals surface area contributed by atoms with Crippen molar-refractivity contribution in [2.45, 2.75) is 32.5 Å². The predicted octanol–water partition coefficient (Wildman–Crippen LogP) is 3.95. The van der Waals surface area contributed by atoms with E-state index >= 15 is 0 Å². The molecule has 0 aliphatic rings. The second kappa shape index (κ2) is 12.0. The van der Waals surface area contributed by atoms with E-state index in [0.29, 0.717) is 40.3 Å². The molecule has 3 rings (SSSR count). The molecule has 192 valence electrons. The van der Waals surface area contributed by atoms with E-state index in [1.165, 1.54) is 23.8 Å². The third-order valence-corrected chi connectivity index (χ3v) is 7.34. The maximum atomic E-state index is 12.8. The Labute approximate surface area is 218 Å². The van der Waals surface area contributed by atoms with Crippen LogP contribution in [-0.2, 0) is 16.1 Å². The maximum Gasteiger partial charge on any atom is 0.341 e. The lowest BCUT2D eigenvalue weighted by molar-refractivity contribution is -0.113. The van der Waals surface area contributed by atoms with Gasteiger partial charge in [-0.05, 0) is 38.5 Å². The zero-order valence-electron chi connectivity index (χ0n) is 21.1. The van der Waals surface area contributed by atoms with Gasteiger partial charge in [0.15, 0.2) is 11.0 Å². The fourth-order valence-electron chi connectivity index (χ4n) is 3.46. The van der Waals surface area contributed by atoms with Crippen LogP contribution in [0.5, 0.6) is 5.75 Å². The molecular formula is C24H29N5O5S2. The Kier molecular flexibility index (Phi) is 9.10. The molecule has 0 saturated heterocycles. The number of esters is 1. The molecule has 12 heteroatoms. The lowest BCUT2D eigenvalue weighted by Crippen LogP contribution is -2.21. The molecule has 0 atom stereocenters. The van der Waals surface area contributed by atoms with Crippen LogP contribution in [0.15, 0.2) is 29.4 Å². The van der Waals surface area contributed by atoms with Gasteiger partial charge in [-0.2, -0.15) is 0 Å². The Bertz CT molecular complexity index is 1270. The molecule has 0 radical (unpaired) electrons. The largest absolute Gasteiger partial charge is 0.493 e. The number of nitrogens with zero attached hydrogens (tertiary/aromatic N) is 4. The molecule has 0 fully saturated rings. The summed E-state index contributed by atoms with van der Waals surface area (Å²) < 4.78 is 12.5. The molecule has 0 spiro atoms. The van der Waals surface area contributed by atoms with E-state index in [0.717, 1.165) is 16.9 Å². The number of thiophene rings is 1. The standard InChI is InChI=1S/C24H29N5O5S2/c1-7-29-20(15-11-9-10-12-16(15)34-8-2)26-27-24(29)35-13-17(30)25-21-18(23(32)33-6)14(3)19(36-21)22(31)28(4)5/h9-12H,7-8,13H2,1-6H3,(H,25,30). The number of thioether (sulfide) groups is 1. The fourth-order valence-corrected chi connectivity index (χ4v) is 5.50. The lowest BCUT2D eigenvalue weighted by Gasteiger charge is -2.11. The van der Waals surface area contributed by atoms with Crippen LogP contribution in [0.3, 0.4) is 0 Å². The van der Waals surface area contributed by atoms with Crippen LogP contribution in [0.1, 0.15) is 39.4 Å². The molecule has 1 N–H and O–H groups in total. The Morgan fingerprint density at radius 2 is 1.89 bits per heavy atom. The van der Waals surface area contributed by atoms with Gasteiger partial charge in [-0.1, -0.05) is 23.9 Å². The van der Waals surface area contributed by atoms with Crippen LogP contribution in [-0.4, -0.2) is 71.0 Å². The van der Waals surface area contributed by atoms with E-state index < -0.39 is 5.97 Å². The van der Waals surface area contributed by atoms with Gasteiger partial charge in [0.1, 0.15) is 10.8 Å². The third kappa shape index (κ3) is 5.71. The zero-order valence-corrected chi connectivity index (χ0v) is 22.7. The molecule has 36 heavy (non-hydrogen) atoms. The summed E-state index contributed by atoms with van der Waals surface area (Å²) in [7, 11) is 4.51. The van der Waals surface area contributed by atoms with E-state index in [2.05, 4.69) is 15.5 Å². The summed E-state index contributed by atoms with van der Waals surface area (Å²) in [5.74, 6) is 0.166. The number of anilines is 1. The van der Waals surface area contributed by atoms with Gasteiger partial charge in [0.2, 0.25) is 5.91 Å². The summed E-state index contributed by atoms with van der Waals surface area (Å²) in [5, 5.41) is 12.2. The summed E-state index contributed by atoms with van der Waals surface area (Å²) in [5.41, 5.74) is 1.47. The number of para-hydroxylation sites is 1. The minimum absolute atomic E-state index is 0.0275. The van der Waals surface area contributed by atoms with Crippen molar-refractivity contribution in [2.75, 3.05) is 38.9 Å². The van der Waals surface area contributed by atoms with Crippen LogP contribution in [0, 0.1) is 6.92 Å². The zero-order chi connectivity index (χ0) is 26.4. The lowest BCUT2D eigenvalue weighted by atomic mass is 10.1. The molecule has 10 nitrogen and oxygen atoms in total. The van der Waals surface area contributed by atoms with Crippen LogP contribution in [0.4, 0.5) is 5.00 Å². The molecule has 0 saturated carbocycles. The first kappa shape index (κ1) is 27.2. The second-order valence-corrected chi connectivity index (χ2v) is 9.73. The van der Waals surface area contributed by atoms with Gasteiger partial charge in [-0.15, -0.1) is 21.5 Å². The van der Waals surface area contributed by atoms with E-state index in [9.17, 15) is 14.4 Å². The molecule has 2 heterocycles. The van der Waals surface area contributed by atoms with Crippen molar-refractivity contribution in [1.82, 2.24) is 19.7 Å². The van der Waals surface area contributed by atoms with Gasteiger partial charge in [-0.25, -0.2) is 4.79 Å². The van der Waals surface area contributed by atoms with Crippen LogP contribution < -0.4 is 10.1 Å². The molecule has 0 aliphatic heterocycles. The molecule has 0 aliphatic carbocycles. The molecule has 2 amide bonds. The van der Waals surface area contributed by atoms with Crippen molar-refractivity contribution < 1.29 is 23.9 Å². The molecule has 0 unspecified atom stereocenters. The number of carbonyl (C=O) groups is 3. The first-order valence-corrected chi connectivity index (χ1v) is 13.0. The molecule has 0 bridgehead atoms. The third-order valence-electron chi connectivity index (χ3n) is 5.18. The summed E-state index contributed by atoms with van der Waals surface area (Å²) in [4.78, 5) is 39.5. The quantitative estimate of drug-likeness (QED) is 0.309. The summed E-state index contributed by atoms with van der Waals surface area (Å²) in [6, 6.07) is 7.60. The number of benzene rings is 1. The number of methoxy groups -OCH3 is 1. The number of nitrogens with one attached hydrogen (secondary N) is 1. The predicted molar refractivity (Wildman–Crippen MR) is 140 cm³/mol. The Hall–Kier alpha value is -3.38. The maximum absolute atomic E-state index is 12.8. The van der Waals surface area contributed by atoms with Crippen LogP contribution in [0.2, 0.25) is 0 Å². The highest BCUT2D eigenvalue weighted by Crippen LogP contribution is 2.35. The summed E-state index contributed by atoms with van der Waals surface area (Å²) >= 11 is 2.28. The molecule has 1 aromatic carbocycles. The smallest absolute Gasteiger partial charge is 0.341 e. The Morgan fingerprint density at radius 3 is 2.53 bits per heavy atom. The number of ether oxygens (including phenoxy) is 2. The average molecular weight is 532 g/mol. The van der Waals surface area contributed by atoms with Gasteiger partial charge in [0.25, 0.3) is 5.91 Å². The van der Waals surface area contributed by atoms with Crippen molar-refractivity contribution in [2.24, 2.45) is 0 Å². The van der Waals surface area contributed by atoms with Crippen molar-refractivity contribution in [3.05, 3.63) is 40.3 Å². The van der Waals surface area contributed by atoms with E-state index in [1.54, 1.807) is 21.0 Å². The number of carbonyl (C=O) groups excluding carboxylic acids is 3. The van der Waals surface area contributed by atoms with Crippen molar-refractivity contribution in [3.63, 3.8) is 0 Å². The van der Waals surface area contributed by atoms with Gasteiger partial charge in [0.05, 0.1) is 35.5 Å². The van der Waals surface area contributed by atoms with Gasteiger partial charge < -0.3 is 24.3 Å². The van der Waals surface area contributed by atoms with Crippen molar-refractivity contribution in [3.8, 4) is 17.1 Å². The van der Waals surface area contributed by atoms with Crippen LogP contribution in [0.25, 0.3) is 11.4 Å². The van der Waals surface area contributed by atoms with E-state index in [4.69, 9.17) is 9.47 Å². The van der Waals surface area contributed by atoms with E-state index in [1.807, 2.05) is 42.7 Å². The molecule has 2 aromatic heterocycles.